The van der Waals surface area contributed by atoms with Crippen LogP contribution in [0.5, 0.6) is 0 Å². The first-order chi connectivity index (χ1) is 9.40. The molecular formula is C14H14F2N2OS. The van der Waals surface area contributed by atoms with Crippen LogP contribution in [0.25, 0.3) is 0 Å². The van der Waals surface area contributed by atoms with Crippen molar-refractivity contribution < 1.29 is 8.78 Å². The molecule has 0 spiro atoms. The van der Waals surface area contributed by atoms with Crippen LogP contribution in [0.3, 0.4) is 0 Å². The molecule has 2 aromatic rings. The number of benzene rings is 1. The molecule has 2 rings (SSSR count). The predicted molar refractivity (Wildman–Crippen MR) is 74.9 cm³/mol. The van der Waals surface area contributed by atoms with Gasteiger partial charge in [-0.2, -0.15) is 0 Å². The van der Waals surface area contributed by atoms with Crippen molar-refractivity contribution in [3.05, 3.63) is 57.0 Å². The molecule has 3 nitrogen and oxygen atoms in total. The third kappa shape index (κ3) is 2.90. The van der Waals surface area contributed by atoms with Gasteiger partial charge in [0.1, 0.15) is 11.6 Å². The standard InChI is InChI=1S/C14H14F2N2OS/c1-8-9(2)17-14(18(3)13(8)19)20-7-10-6-11(15)4-5-12(10)16/h4-6H,7H2,1-3H3. The number of nitrogens with zero attached hydrogens (tertiary/aromatic N) is 2. The first-order valence-electron chi connectivity index (χ1n) is 6.01. The highest BCUT2D eigenvalue weighted by Crippen LogP contribution is 2.22. The van der Waals surface area contributed by atoms with Crippen molar-refractivity contribution in [2.45, 2.75) is 24.8 Å². The molecule has 0 aliphatic heterocycles. The summed E-state index contributed by atoms with van der Waals surface area (Å²) in [7, 11) is 1.62. The van der Waals surface area contributed by atoms with Crippen molar-refractivity contribution in [1.29, 1.82) is 0 Å². The highest BCUT2D eigenvalue weighted by Gasteiger charge is 2.11. The maximum absolute atomic E-state index is 13.5. The Labute approximate surface area is 119 Å². The molecule has 0 fully saturated rings. The molecule has 0 radical (unpaired) electrons. The van der Waals surface area contributed by atoms with E-state index in [2.05, 4.69) is 4.98 Å². The van der Waals surface area contributed by atoms with Crippen LogP contribution in [0.2, 0.25) is 0 Å². The summed E-state index contributed by atoms with van der Waals surface area (Å²) < 4.78 is 28.0. The van der Waals surface area contributed by atoms with Crippen molar-refractivity contribution in [1.82, 2.24) is 9.55 Å². The van der Waals surface area contributed by atoms with Gasteiger partial charge in [-0.1, -0.05) is 11.8 Å². The first-order valence-corrected chi connectivity index (χ1v) is 6.99. The summed E-state index contributed by atoms with van der Waals surface area (Å²) in [4.78, 5) is 16.2. The summed E-state index contributed by atoms with van der Waals surface area (Å²) in [5, 5.41) is 0.488. The van der Waals surface area contributed by atoms with E-state index in [1.165, 1.54) is 16.3 Å². The minimum absolute atomic E-state index is 0.125. The summed E-state index contributed by atoms with van der Waals surface area (Å²) in [5.41, 5.74) is 1.37. The van der Waals surface area contributed by atoms with Gasteiger partial charge in [0, 0.05) is 29.6 Å². The number of hydrogen-bond acceptors (Lipinski definition) is 3. The van der Waals surface area contributed by atoms with Gasteiger partial charge >= 0.3 is 0 Å². The Bertz CT molecular complexity index is 713. The molecule has 1 heterocycles. The third-order valence-electron chi connectivity index (χ3n) is 3.08. The largest absolute Gasteiger partial charge is 0.291 e. The highest BCUT2D eigenvalue weighted by molar-refractivity contribution is 7.98. The van der Waals surface area contributed by atoms with Crippen molar-refractivity contribution in [2.75, 3.05) is 0 Å². The Morgan fingerprint density at radius 3 is 2.70 bits per heavy atom. The van der Waals surface area contributed by atoms with Gasteiger partial charge < -0.3 is 0 Å². The van der Waals surface area contributed by atoms with Crippen LogP contribution in [-0.4, -0.2) is 9.55 Å². The van der Waals surface area contributed by atoms with Crippen LogP contribution < -0.4 is 5.56 Å². The number of rotatable bonds is 3. The molecule has 1 aromatic carbocycles. The minimum Gasteiger partial charge on any atom is -0.291 e. The van der Waals surface area contributed by atoms with E-state index in [-0.39, 0.29) is 16.9 Å². The number of thioether (sulfide) groups is 1. The van der Waals surface area contributed by atoms with Crippen LogP contribution in [-0.2, 0) is 12.8 Å². The lowest BCUT2D eigenvalue weighted by Gasteiger charge is -2.10. The maximum Gasteiger partial charge on any atom is 0.257 e. The van der Waals surface area contributed by atoms with E-state index >= 15 is 0 Å². The summed E-state index contributed by atoms with van der Waals surface area (Å²) in [6, 6.07) is 3.33. The normalized spacial score (nSPS) is 10.8. The zero-order valence-corrected chi connectivity index (χ0v) is 12.2. The van der Waals surface area contributed by atoms with Gasteiger partial charge in [-0.05, 0) is 32.0 Å². The molecule has 0 unspecified atom stereocenters. The quantitative estimate of drug-likeness (QED) is 0.645. The van der Waals surface area contributed by atoms with Gasteiger partial charge in [0.25, 0.3) is 5.56 Å². The molecule has 0 atom stereocenters. The molecular weight excluding hydrogens is 282 g/mol. The second-order valence-corrected chi connectivity index (χ2v) is 5.44. The lowest BCUT2D eigenvalue weighted by Crippen LogP contribution is -2.23. The fourth-order valence-corrected chi connectivity index (χ4v) is 2.70. The Hall–Kier alpha value is -1.69. The van der Waals surface area contributed by atoms with Gasteiger partial charge in [0.05, 0.1) is 0 Å². The molecule has 0 saturated carbocycles. The molecule has 0 N–H and O–H groups in total. The number of aryl methyl sites for hydroxylation is 1. The SMILES string of the molecule is Cc1nc(SCc2cc(F)ccc2F)n(C)c(=O)c1C. The smallest absolute Gasteiger partial charge is 0.257 e. The van der Waals surface area contributed by atoms with Gasteiger partial charge in [0.2, 0.25) is 0 Å². The van der Waals surface area contributed by atoms with Gasteiger partial charge in [0.15, 0.2) is 5.16 Å². The summed E-state index contributed by atoms with van der Waals surface area (Å²) in [5.74, 6) is -0.733. The molecule has 0 aliphatic carbocycles. The lowest BCUT2D eigenvalue weighted by atomic mass is 10.2. The van der Waals surface area contributed by atoms with Crippen LogP contribution >= 0.6 is 11.8 Å². The summed E-state index contributed by atoms with van der Waals surface area (Å²) in [6.45, 7) is 3.47. The van der Waals surface area contributed by atoms with Crippen LogP contribution in [0.15, 0.2) is 28.2 Å². The van der Waals surface area contributed by atoms with Crippen molar-refractivity contribution in [3.8, 4) is 0 Å². The van der Waals surface area contributed by atoms with Gasteiger partial charge in [-0.3, -0.25) is 9.36 Å². The van der Waals surface area contributed by atoms with E-state index < -0.39 is 11.6 Å². The lowest BCUT2D eigenvalue weighted by molar-refractivity contribution is 0.591. The van der Waals surface area contributed by atoms with Crippen molar-refractivity contribution in [2.24, 2.45) is 7.05 Å². The minimum atomic E-state index is -0.482. The molecule has 20 heavy (non-hydrogen) atoms. The summed E-state index contributed by atoms with van der Waals surface area (Å²) in [6.07, 6.45) is 0. The van der Waals surface area contributed by atoms with Gasteiger partial charge in [-0.25, -0.2) is 13.8 Å². The molecule has 6 heteroatoms. The molecule has 1 aromatic heterocycles. The van der Waals surface area contributed by atoms with E-state index in [1.807, 2.05) is 0 Å². The van der Waals surface area contributed by atoms with E-state index in [0.29, 0.717) is 16.4 Å². The van der Waals surface area contributed by atoms with Crippen LogP contribution in [0.4, 0.5) is 8.78 Å². The Kier molecular flexibility index (Phi) is 4.23. The zero-order valence-electron chi connectivity index (χ0n) is 11.4. The molecule has 0 saturated heterocycles. The Morgan fingerprint density at radius 2 is 2.00 bits per heavy atom. The van der Waals surface area contributed by atoms with Crippen LogP contribution in [0.1, 0.15) is 16.8 Å². The highest BCUT2D eigenvalue weighted by atomic mass is 32.2. The fourth-order valence-electron chi connectivity index (χ4n) is 1.72. The average Bonchev–Trinajstić information content (AvgIpc) is 2.42. The molecule has 0 aliphatic rings. The molecule has 0 amide bonds. The second kappa shape index (κ2) is 5.75. The van der Waals surface area contributed by atoms with E-state index in [4.69, 9.17) is 0 Å². The number of aromatic nitrogens is 2. The topological polar surface area (TPSA) is 34.9 Å². The van der Waals surface area contributed by atoms with Crippen LogP contribution in [0, 0.1) is 25.5 Å². The third-order valence-corrected chi connectivity index (χ3v) is 4.16. The molecule has 0 bridgehead atoms. The van der Waals surface area contributed by atoms with E-state index in [9.17, 15) is 13.6 Å². The van der Waals surface area contributed by atoms with E-state index in [1.54, 1.807) is 20.9 Å². The monoisotopic (exact) mass is 296 g/mol. The van der Waals surface area contributed by atoms with Gasteiger partial charge in [-0.15, -0.1) is 0 Å². The number of halogens is 2. The second-order valence-electron chi connectivity index (χ2n) is 4.49. The summed E-state index contributed by atoms with van der Waals surface area (Å²) >= 11 is 1.21. The fraction of sp³-hybridized carbons (Fsp3) is 0.286. The Morgan fingerprint density at radius 1 is 1.30 bits per heavy atom. The maximum atomic E-state index is 13.5. The van der Waals surface area contributed by atoms with E-state index in [0.717, 1.165) is 18.2 Å². The molecule has 106 valence electrons. The van der Waals surface area contributed by atoms with Crippen molar-refractivity contribution >= 4 is 11.8 Å². The predicted octanol–water partition coefficient (Wildman–Crippen LogP) is 2.97. The number of hydrogen-bond donors (Lipinski definition) is 0. The van der Waals surface area contributed by atoms with Crippen molar-refractivity contribution in [3.63, 3.8) is 0 Å². The average molecular weight is 296 g/mol. The first kappa shape index (κ1) is 14.7. The zero-order chi connectivity index (χ0) is 14.9. The Balaban J connectivity index is 2.28.